The van der Waals surface area contributed by atoms with Crippen molar-refractivity contribution in [3.05, 3.63) is 54.5 Å². The first-order chi connectivity index (χ1) is 16.7. The number of likely N-dealkylation sites (tertiary alicyclic amines) is 1. The minimum absolute atomic E-state index is 0.0233. The van der Waals surface area contributed by atoms with Gasteiger partial charge in [-0.2, -0.15) is 0 Å². The molecule has 35 heavy (non-hydrogen) atoms. The lowest BCUT2D eigenvalue weighted by Crippen LogP contribution is -2.41. The predicted octanol–water partition coefficient (Wildman–Crippen LogP) is 3.78. The van der Waals surface area contributed by atoms with E-state index in [1.165, 1.54) is 24.0 Å². The maximum Gasteiger partial charge on any atom is 0.407 e. The molecule has 1 fully saturated rings. The second kappa shape index (κ2) is 9.87. The molecule has 1 aliphatic heterocycles. The summed E-state index contributed by atoms with van der Waals surface area (Å²) >= 11 is 0. The molecule has 1 saturated heterocycles. The number of aromatic nitrogens is 1. The van der Waals surface area contributed by atoms with Gasteiger partial charge in [-0.15, -0.1) is 0 Å². The average molecular weight is 502 g/mol. The van der Waals surface area contributed by atoms with E-state index in [0.29, 0.717) is 48.1 Å². The van der Waals surface area contributed by atoms with Gasteiger partial charge in [-0.1, -0.05) is 19.1 Å². The number of hydrogen-bond donors (Lipinski definition) is 2. The number of para-hydroxylation sites is 1. The van der Waals surface area contributed by atoms with Gasteiger partial charge in [0.2, 0.25) is 5.91 Å². The van der Waals surface area contributed by atoms with Gasteiger partial charge in [0.25, 0.3) is 10.0 Å². The highest BCUT2D eigenvalue weighted by molar-refractivity contribution is 7.90. The summed E-state index contributed by atoms with van der Waals surface area (Å²) in [6.07, 6.45) is 1.51. The van der Waals surface area contributed by atoms with Crippen LogP contribution in [0.2, 0.25) is 0 Å². The molecule has 0 bridgehead atoms. The van der Waals surface area contributed by atoms with Gasteiger partial charge in [-0.25, -0.2) is 22.3 Å². The number of hydrogen-bond acceptors (Lipinski definition) is 6. The Bertz CT molecular complexity index is 1390. The molecule has 4 rings (SSSR count). The number of fused-ring (bicyclic) bond motifs is 1. The number of carbonyl (C=O) groups excluding carboxylic acids is 1. The van der Waals surface area contributed by atoms with Gasteiger partial charge in [0, 0.05) is 55.1 Å². The molecular weight excluding hydrogens is 477 g/mol. The Morgan fingerprint density at radius 3 is 2.57 bits per heavy atom. The molecule has 9 nitrogen and oxygen atoms in total. The Kier molecular flexibility index (Phi) is 6.88. The highest BCUT2D eigenvalue weighted by Crippen LogP contribution is 2.35. The number of benzene rings is 2. The van der Waals surface area contributed by atoms with Crippen molar-refractivity contribution >= 4 is 32.9 Å². The minimum Gasteiger partial charge on any atom is -0.490 e. The van der Waals surface area contributed by atoms with Crippen molar-refractivity contribution in [2.24, 2.45) is 0 Å². The molecule has 2 aromatic carbocycles. The van der Waals surface area contributed by atoms with E-state index >= 15 is 4.39 Å². The number of sulfonamides is 1. The normalized spacial score (nSPS) is 14.6. The fourth-order valence-electron chi connectivity index (χ4n) is 3.98. The number of halogens is 1. The Morgan fingerprint density at radius 1 is 1.17 bits per heavy atom. The average Bonchev–Trinajstić information content (AvgIpc) is 2.84. The number of nitrogens with one attached hydrogen (secondary N) is 1. The second-order valence-electron chi connectivity index (χ2n) is 8.12. The van der Waals surface area contributed by atoms with Crippen molar-refractivity contribution in [2.75, 3.05) is 13.1 Å². The fourth-order valence-corrected chi connectivity index (χ4v) is 5.05. The number of carbonyl (C=O) groups is 2. The Hall–Kier alpha value is -3.73. The second-order valence-corrected chi connectivity index (χ2v) is 9.80. The number of pyridine rings is 1. The van der Waals surface area contributed by atoms with E-state index in [4.69, 9.17) is 9.84 Å². The van der Waals surface area contributed by atoms with E-state index < -0.39 is 27.8 Å². The number of ether oxygens (including phenoxy) is 1. The number of amides is 2. The van der Waals surface area contributed by atoms with Crippen molar-refractivity contribution in [2.45, 2.75) is 37.2 Å². The molecule has 1 aromatic heterocycles. The number of piperidine rings is 1. The molecule has 0 atom stereocenters. The summed E-state index contributed by atoms with van der Waals surface area (Å²) in [7, 11) is -4.18. The smallest absolute Gasteiger partial charge is 0.407 e. The monoisotopic (exact) mass is 501 g/mol. The van der Waals surface area contributed by atoms with Crippen LogP contribution >= 0.6 is 0 Å². The topological polar surface area (TPSA) is 126 Å². The fraction of sp³-hybridized carbons (Fsp3) is 0.292. The van der Waals surface area contributed by atoms with Crippen LogP contribution < -0.4 is 9.46 Å². The maximum absolute atomic E-state index is 15.1. The Labute approximate surface area is 201 Å². The lowest BCUT2D eigenvalue weighted by molar-refractivity contribution is -0.119. The minimum atomic E-state index is -4.18. The molecule has 2 heterocycles. The molecule has 0 radical (unpaired) electrons. The summed E-state index contributed by atoms with van der Waals surface area (Å²) in [6.45, 7) is 2.28. The predicted molar refractivity (Wildman–Crippen MR) is 126 cm³/mol. The molecule has 3 aromatic rings. The van der Waals surface area contributed by atoms with E-state index in [1.807, 2.05) is 4.72 Å². The Morgan fingerprint density at radius 2 is 1.91 bits per heavy atom. The van der Waals surface area contributed by atoms with Crippen LogP contribution in [0.15, 0.2) is 53.6 Å². The van der Waals surface area contributed by atoms with Gasteiger partial charge in [0.05, 0.1) is 10.4 Å². The van der Waals surface area contributed by atoms with Crippen LogP contribution in [-0.4, -0.2) is 54.6 Å². The van der Waals surface area contributed by atoms with Crippen molar-refractivity contribution in [3.63, 3.8) is 0 Å². The largest absolute Gasteiger partial charge is 0.490 e. The first-order valence-electron chi connectivity index (χ1n) is 11.1. The third-order valence-corrected chi connectivity index (χ3v) is 7.22. The molecular formula is C24H24FN3O6S. The molecule has 0 saturated carbocycles. The van der Waals surface area contributed by atoms with Crippen molar-refractivity contribution in [3.8, 4) is 16.9 Å². The van der Waals surface area contributed by atoms with Crippen LogP contribution in [-0.2, 0) is 14.8 Å². The lowest BCUT2D eigenvalue weighted by atomic mass is 10.0. The van der Waals surface area contributed by atoms with Crippen LogP contribution in [0.1, 0.15) is 26.2 Å². The summed E-state index contributed by atoms with van der Waals surface area (Å²) in [5.41, 5.74) is 1.07. The summed E-state index contributed by atoms with van der Waals surface area (Å²) < 4.78 is 47.8. The van der Waals surface area contributed by atoms with Crippen LogP contribution in [0.25, 0.3) is 22.0 Å². The first kappa shape index (κ1) is 24.4. The summed E-state index contributed by atoms with van der Waals surface area (Å²) in [5, 5.41) is 9.77. The van der Waals surface area contributed by atoms with Gasteiger partial charge < -0.3 is 14.7 Å². The standard InChI is InChI=1S/C24H24FN3O6S/c1-2-22(29)27-35(32,33)16-6-7-17(20(25)14-16)18-4-3-5-19-21(8-11-26-23(18)19)34-15-9-12-28(13-10-15)24(30)31/h3-8,11,14-15H,2,9-10,12-13H2,1H3,(H,27,29)(H,30,31). The van der Waals surface area contributed by atoms with E-state index in [2.05, 4.69) is 4.98 Å². The summed E-state index contributed by atoms with van der Waals surface area (Å²) in [4.78, 5) is 28.0. The van der Waals surface area contributed by atoms with E-state index in [0.717, 1.165) is 6.07 Å². The lowest BCUT2D eigenvalue weighted by Gasteiger charge is -2.30. The number of nitrogens with zero attached hydrogens (tertiary/aromatic N) is 2. The van der Waals surface area contributed by atoms with Gasteiger partial charge in [-0.3, -0.25) is 9.78 Å². The molecule has 0 aliphatic carbocycles. The summed E-state index contributed by atoms with van der Waals surface area (Å²) in [5.74, 6) is -0.917. The van der Waals surface area contributed by atoms with Gasteiger partial charge in [0.15, 0.2) is 0 Å². The molecule has 2 amide bonds. The number of carboxylic acid groups (broad SMARTS) is 1. The molecule has 2 N–H and O–H groups in total. The highest BCUT2D eigenvalue weighted by Gasteiger charge is 2.24. The van der Waals surface area contributed by atoms with Crippen LogP contribution in [0.3, 0.4) is 0 Å². The molecule has 0 spiro atoms. The van der Waals surface area contributed by atoms with Gasteiger partial charge >= 0.3 is 6.09 Å². The highest BCUT2D eigenvalue weighted by atomic mass is 32.2. The molecule has 11 heteroatoms. The molecule has 184 valence electrons. The SMILES string of the molecule is CCC(=O)NS(=O)(=O)c1ccc(-c2cccc3c(OC4CCN(C(=O)O)CC4)ccnc23)c(F)c1. The molecule has 0 unspecified atom stereocenters. The quantitative estimate of drug-likeness (QED) is 0.526. The van der Waals surface area contributed by atoms with Crippen molar-refractivity contribution in [1.29, 1.82) is 0 Å². The zero-order chi connectivity index (χ0) is 25.2. The summed E-state index contributed by atoms with van der Waals surface area (Å²) in [6, 6.07) is 10.4. The maximum atomic E-state index is 15.1. The van der Waals surface area contributed by atoms with Crippen LogP contribution in [0.4, 0.5) is 9.18 Å². The van der Waals surface area contributed by atoms with Crippen molar-refractivity contribution < 1.29 is 32.2 Å². The zero-order valence-electron chi connectivity index (χ0n) is 18.9. The Balaban J connectivity index is 1.64. The first-order valence-corrected chi connectivity index (χ1v) is 12.6. The third-order valence-electron chi connectivity index (χ3n) is 5.85. The van der Waals surface area contributed by atoms with Crippen LogP contribution in [0, 0.1) is 5.82 Å². The van der Waals surface area contributed by atoms with Crippen molar-refractivity contribution in [1.82, 2.24) is 14.6 Å². The van der Waals surface area contributed by atoms with Crippen LogP contribution in [0.5, 0.6) is 5.75 Å². The van der Waals surface area contributed by atoms with Gasteiger partial charge in [0.1, 0.15) is 17.7 Å². The zero-order valence-corrected chi connectivity index (χ0v) is 19.7. The van der Waals surface area contributed by atoms with E-state index in [9.17, 15) is 18.0 Å². The van der Waals surface area contributed by atoms with E-state index in [-0.39, 0.29) is 23.0 Å². The van der Waals surface area contributed by atoms with E-state index in [1.54, 1.807) is 30.5 Å². The third kappa shape index (κ3) is 5.19. The number of rotatable bonds is 6. The van der Waals surface area contributed by atoms with Gasteiger partial charge in [-0.05, 0) is 30.3 Å². The molecule has 1 aliphatic rings.